The van der Waals surface area contributed by atoms with Gasteiger partial charge in [0.05, 0.1) is 18.3 Å². The first-order valence-electron chi connectivity index (χ1n) is 9.46. The van der Waals surface area contributed by atoms with E-state index < -0.39 is 0 Å². The third-order valence-electron chi connectivity index (χ3n) is 4.94. The van der Waals surface area contributed by atoms with Crippen molar-refractivity contribution in [2.75, 3.05) is 18.0 Å². The van der Waals surface area contributed by atoms with Crippen molar-refractivity contribution in [3.63, 3.8) is 0 Å². The smallest absolute Gasteiger partial charge is 0.254 e. The van der Waals surface area contributed by atoms with Gasteiger partial charge in [-0.2, -0.15) is 5.10 Å². The van der Waals surface area contributed by atoms with Crippen molar-refractivity contribution < 1.29 is 4.79 Å². The van der Waals surface area contributed by atoms with Gasteiger partial charge in [0.25, 0.3) is 5.91 Å². The van der Waals surface area contributed by atoms with Gasteiger partial charge in [0.1, 0.15) is 0 Å². The Bertz CT molecular complexity index is 880. The van der Waals surface area contributed by atoms with Crippen LogP contribution in [0.5, 0.6) is 0 Å². The number of nitrogens with one attached hydrogen (secondary N) is 1. The van der Waals surface area contributed by atoms with Gasteiger partial charge >= 0.3 is 0 Å². The summed E-state index contributed by atoms with van der Waals surface area (Å²) in [6, 6.07) is 18.6. The summed E-state index contributed by atoms with van der Waals surface area (Å²) in [5.41, 5.74) is 4.11. The molecule has 1 N–H and O–H groups in total. The van der Waals surface area contributed by atoms with E-state index in [1.54, 1.807) is 17.1 Å². The Morgan fingerprint density at radius 3 is 2.44 bits per heavy atom. The lowest BCUT2D eigenvalue weighted by molar-refractivity contribution is 0.0951. The molecule has 3 aromatic rings. The van der Waals surface area contributed by atoms with Gasteiger partial charge in [-0.3, -0.25) is 9.48 Å². The van der Waals surface area contributed by atoms with Gasteiger partial charge in [0.15, 0.2) is 0 Å². The number of amides is 1. The summed E-state index contributed by atoms with van der Waals surface area (Å²) < 4.78 is 1.79. The summed E-state index contributed by atoms with van der Waals surface area (Å²) in [4.78, 5) is 14.8. The minimum Gasteiger partial charge on any atom is -0.372 e. The fraction of sp³-hybridized carbons (Fsp3) is 0.273. The zero-order chi connectivity index (χ0) is 18.5. The van der Waals surface area contributed by atoms with Crippen LogP contribution in [0.15, 0.2) is 67.0 Å². The van der Waals surface area contributed by atoms with Crippen molar-refractivity contribution in [1.29, 1.82) is 0 Å². The van der Waals surface area contributed by atoms with Gasteiger partial charge in [-0.15, -0.1) is 0 Å². The molecule has 27 heavy (non-hydrogen) atoms. The van der Waals surface area contributed by atoms with Crippen molar-refractivity contribution in [3.05, 3.63) is 83.7 Å². The minimum absolute atomic E-state index is 0.0991. The summed E-state index contributed by atoms with van der Waals surface area (Å²) in [6.45, 7) is 3.46. The predicted molar refractivity (Wildman–Crippen MR) is 107 cm³/mol. The second kappa shape index (κ2) is 8.08. The molecule has 0 saturated carbocycles. The van der Waals surface area contributed by atoms with E-state index in [4.69, 9.17) is 0 Å². The molecule has 1 amide bonds. The Kier molecular flexibility index (Phi) is 5.19. The van der Waals surface area contributed by atoms with Gasteiger partial charge < -0.3 is 10.2 Å². The third kappa shape index (κ3) is 4.37. The van der Waals surface area contributed by atoms with E-state index >= 15 is 0 Å². The van der Waals surface area contributed by atoms with E-state index in [1.165, 1.54) is 18.5 Å². The van der Waals surface area contributed by atoms with Crippen LogP contribution in [0.2, 0.25) is 0 Å². The van der Waals surface area contributed by atoms with E-state index in [1.807, 2.05) is 30.3 Å². The number of hydrogen-bond donors (Lipinski definition) is 1. The van der Waals surface area contributed by atoms with E-state index in [-0.39, 0.29) is 5.91 Å². The molecular weight excluding hydrogens is 336 g/mol. The number of hydrogen-bond acceptors (Lipinski definition) is 3. The maximum atomic E-state index is 12.4. The summed E-state index contributed by atoms with van der Waals surface area (Å²) in [5, 5.41) is 7.27. The van der Waals surface area contributed by atoms with E-state index in [2.05, 4.69) is 39.6 Å². The molecule has 2 heterocycles. The number of anilines is 1. The molecule has 1 aliphatic rings. The highest BCUT2D eigenvalue weighted by atomic mass is 16.1. The fourth-order valence-electron chi connectivity index (χ4n) is 3.42. The number of aromatic nitrogens is 2. The van der Waals surface area contributed by atoms with Gasteiger partial charge in [0.2, 0.25) is 0 Å². The zero-order valence-electron chi connectivity index (χ0n) is 15.3. The van der Waals surface area contributed by atoms with Gasteiger partial charge in [-0.1, -0.05) is 42.5 Å². The van der Waals surface area contributed by atoms with Crippen LogP contribution in [0.25, 0.3) is 0 Å². The monoisotopic (exact) mass is 360 g/mol. The van der Waals surface area contributed by atoms with Crippen LogP contribution in [0.4, 0.5) is 5.69 Å². The SMILES string of the molecule is O=C(NCc1ccc(N2CCCC2)cc1)c1cnn(Cc2ccccc2)c1. The molecule has 1 aromatic heterocycles. The topological polar surface area (TPSA) is 50.2 Å². The number of rotatable bonds is 6. The van der Waals surface area contributed by atoms with Crippen molar-refractivity contribution in [1.82, 2.24) is 15.1 Å². The molecule has 0 unspecified atom stereocenters. The Morgan fingerprint density at radius 1 is 0.963 bits per heavy atom. The Morgan fingerprint density at radius 2 is 1.70 bits per heavy atom. The Hall–Kier alpha value is -3.08. The first-order valence-corrected chi connectivity index (χ1v) is 9.46. The summed E-state index contributed by atoms with van der Waals surface area (Å²) in [5.74, 6) is -0.0991. The molecule has 0 aliphatic carbocycles. The Labute approximate surface area is 159 Å². The maximum Gasteiger partial charge on any atom is 0.254 e. The Balaban J connectivity index is 1.31. The molecule has 1 saturated heterocycles. The minimum atomic E-state index is -0.0991. The molecule has 0 bridgehead atoms. The molecule has 1 aliphatic heterocycles. The lowest BCUT2D eigenvalue weighted by Gasteiger charge is -2.17. The molecule has 2 aromatic carbocycles. The number of carbonyl (C=O) groups excluding carboxylic acids is 1. The van der Waals surface area contributed by atoms with Crippen LogP contribution >= 0.6 is 0 Å². The lowest BCUT2D eigenvalue weighted by Crippen LogP contribution is -2.22. The van der Waals surface area contributed by atoms with Crippen LogP contribution in [0.3, 0.4) is 0 Å². The normalized spacial score (nSPS) is 13.7. The van der Waals surface area contributed by atoms with E-state index in [0.717, 1.165) is 24.2 Å². The van der Waals surface area contributed by atoms with Gasteiger partial charge in [-0.05, 0) is 36.1 Å². The van der Waals surface area contributed by atoms with Gasteiger partial charge in [0, 0.05) is 31.5 Å². The number of benzene rings is 2. The highest BCUT2D eigenvalue weighted by Crippen LogP contribution is 2.20. The molecule has 138 valence electrons. The zero-order valence-corrected chi connectivity index (χ0v) is 15.3. The van der Waals surface area contributed by atoms with Crippen LogP contribution in [-0.2, 0) is 13.1 Å². The molecule has 0 atom stereocenters. The molecule has 4 rings (SSSR count). The van der Waals surface area contributed by atoms with E-state index in [0.29, 0.717) is 18.7 Å². The predicted octanol–water partition coefficient (Wildman–Crippen LogP) is 3.46. The molecule has 0 spiro atoms. The molecule has 5 nitrogen and oxygen atoms in total. The average molecular weight is 360 g/mol. The molecule has 0 radical (unpaired) electrons. The second-order valence-electron chi connectivity index (χ2n) is 6.96. The summed E-state index contributed by atoms with van der Waals surface area (Å²) >= 11 is 0. The third-order valence-corrected chi connectivity index (χ3v) is 4.94. The number of carbonyl (C=O) groups is 1. The average Bonchev–Trinajstić information content (AvgIpc) is 3.40. The highest BCUT2D eigenvalue weighted by Gasteiger charge is 2.12. The van der Waals surface area contributed by atoms with E-state index in [9.17, 15) is 4.79 Å². The van der Waals surface area contributed by atoms with Crippen molar-refractivity contribution >= 4 is 11.6 Å². The van der Waals surface area contributed by atoms with Gasteiger partial charge in [-0.25, -0.2) is 0 Å². The van der Waals surface area contributed by atoms with Crippen LogP contribution in [-0.4, -0.2) is 28.8 Å². The first kappa shape index (κ1) is 17.3. The molecule has 1 fully saturated rings. The number of nitrogens with zero attached hydrogens (tertiary/aromatic N) is 3. The highest BCUT2D eigenvalue weighted by molar-refractivity contribution is 5.93. The van der Waals surface area contributed by atoms with Crippen molar-refractivity contribution in [2.45, 2.75) is 25.9 Å². The maximum absolute atomic E-state index is 12.4. The fourth-order valence-corrected chi connectivity index (χ4v) is 3.42. The van der Waals surface area contributed by atoms with Crippen molar-refractivity contribution in [3.8, 4) is 0 Å². The van der Waals surface area contributed by atoms with Crippen LogP contribution < -0.4 is 10.2 Å². The second-order valence-corrected chi connectivity index (χ2v) is 6.96. The largest absolute Gasteiger partial charge is 0.372 e. The summed E-state index contributed by atoms with van der Waals surface area (Å²) in [7, 11) is 0. The van der Waals surface area contributed by atoms with Crippen LogP contribution in [0.1, 0.15) is 34.3 Å². The lowest BCUT2D eigenvalue weighted by atomic mass is 10.2. The first-order chi connectivity index (χ1) is 13.3. The molecule has 5 heteroatoms. The van der Waals surface area contributed by atoms with Crippen molar-refractivity contribution in [2.24, 2.45) is 0 Å². The molecular formula is C22H24N4O. The van der Waals surface area contributed by atoms with Crippen LogP contribution in [0, 0.1) is 0 Å². The standard InChI is InChI=1S/C22H24N4O/c27-22(20-15-24-26(17-20)16-19-6-2-1-3-7-19)23-14-18-8-10-21(11-9-18)25-12-4-5-13-25/h1-3,6-11,15,17H,4-5,12-14,16H2,(H,23,27). The quantitative estimate of drug-likeness (QED) is 0.732. The summed E-state index contributed by atoms with van der Waals surface area (Å²) in [6.07, 6.45) is 5.96.